The van der Waals surface area contributed by atoms with Gasteiger partial charge < -0.3 is 9.64 Å². The van der Waals surface area contributed by atoms with Crippen LogP contribution < -0.4 is 4.72 Å². The van der Waals surface area contributed by atoms with Crippen molar-refractivity contribution in [3.63, 3.8) is 0 Å². The summed E-state index contributed by atoms with van der Waals surface area (Å²) in [6, 6.07) is 4.36. The minimum Gasteiger partial charge on any atom is -0.444 e. The van der Waals surface area contributed by atoms with Gasteiger partial charge in [-0.2, -0.15) is 12.7 Å². The van der Waals surface area contributed by atoms with Crippen LogP contribution in [0.25, 0.3) is 0 Å². The molecule has 1 aromatic rings. The van der Waals surface area contributed by atoms with Crippen LogP contribution in [0.5, 0.6) is 0 Å². The quantitative estimate of drug-likeness (QED) is 0.783. The van der Waals surface area contributed by atoms with Crippen molar-refractivity contribution in [1.29, 1.82) is 0 Å². The van der Waals surface area contributed by atoms with Crippen molar-refractivity contribution in [3.05, 3.63) is 33.8 Å². The Morgan fingerprint density at radius 3 is 2.26 bits per heavy atom. The summed E-state index contributed by atoms with van der Waals surface area (Å²) in [6.45, 7) is 5.63. The van der Waals surface area contributed by atoms with Crippen LogP contribution in [0.1, 0.15) is 31.1 Å². The summed E-state index contributed by atoms with van der Waals surface area (Å²) >= 11 is 11.8. The molecule has 0 aromatic heterocycles. The van der Waals surface area contributed by atoms with Gasteiger partial charge in [-0.3, -0.25) is 4.79 Å². The molecule has 150 valence electrons. The molecule has 0 unspecified atom stereocenters. The fourth-order valence-corrected chi connectivity index (χ4v) is 3.86. The van der Waals surface area contributed by atoms with Gasteiger partial charge in [-0.05, 0) is 32.9 Å². The number of ether oxygens (including phenoxy) is 1. The van der Waals surface area contributed by atoms with Gasteiger partial charge in [0, 0.05) is 26.2 Å². The zero-order valence-electron chi connectivity index (χ0n) is 15.2. The van der Waals surface area contributed by atoms with E-state index in [2.05, 4.69) is 0 Å². The van der Waals surface area contributed by atoms with Crippen LogP contribution in [0, 0.1) is 0 Å². The second kappa shape index (κ2) is 8.22. The summed E-state index contributed by atoms with van der Waals surface area (Å²) in [5.41, 5.74) is -0.676. The van der Waals surface area contributed by atoms with Crippen LogP contribution >= 0.6 is 23.2 Å². The van der Waals surface area contributed by atoms with Crippen LogP contribution in [-0.2, 0) is 14.9 Å². The highest BCUT2D eigenvalue weighted by molar-refractivity contribution is 7.87. The van der Waals surface area contributed by atoms with Crippen LogP contribution in [0.3, 0.4) is 0 Å². The van der Waals surface area contributed by atoms with Crippen molar-refractivity contribution < 1.29 is 22.7 Å². The molecule has 0 saturated carbocycles. The first-order chi connectivity index (χ1) is 12.4. The summed E-state index contributed by atoms with van der Waals surface area (Å²) in [5.74, 6) is -0.878. The lowest BCUT2D eigenvalue weighted by atomic mass is 10.2. The van der Waals surface area contributed by atoms with E-state index in [1.165, 1.54) is 23.1 Å². The van der Waals surface area contributed by atoms with Crippen LogP contribution in [0.4, 0.5) is 4.79 Å². The molecule has 11 heteroatoms. The maximum atomic E-state index is 12.5. The Balaban J connectivity index is 1.99. The van der Waals surface area contributed by atoms with Crippen molar-refractivity contribution in [3.8, 4) is 0 Å². The van der Waals surface area contributed by atoms with E-state index in [0.29, 0.717) is 0 Å². The second-order valence-electron chi connectivity index (χ2n) is 6.90. The van der Waals surface area contributed by atoms with E-state index >= 15 is 0 Å². The van der Waals surface area contributed by atoms with E-state index in [9.17, 15) is 18.0 Å². The van der Waals surface area contributed by atoms with E-state index in [1.54, 1.807) is 20.8 Å². The molecule has 2 rings (SSSR count). The van der Waals surface area contributed by atoms with Crippen LogP contribution in [0.2, 0.25) is 10.0 Å². The molecular weight excluding hydrogens is 417 g/mol. The van der Waals surface area contributed by atoms with E-state index in [4.69, 9.17) is 27.9 Å². The topological polar surface area (TPSA) is 96.0 Å². The van der Waals surface area contributed by atoms with Gasteiger partial charge in [0.15, 0.2) is 0 Å². The minimum atomic E-state index is -4.09. The number of amides is 2. The average molecular weight is 438 g/mol. The SMILES string of the molecule is CC(C)(C)OC(=O)N1CCN(S(=O)(=O)NC(=O)c2cccc(Cl)c2Cl)CC1. The number of rotatable bonds is 3. The molecule has 8 nitrogen and oxygen atoms in total. The van der Waals surface area contributed by atoms with E-state index in [1.807, 2.05) is 4.72 Å². The summed E-state index contributed by atoms with van der Waals surface area (Å²) in [5, 5.41) is 0.120. The van der Waals surface area contributed by atoms with Gasteiger partial charge in [0.05, 0.1) is 15.6 Å². The molecule has 0 spiro atoms. The van der Waals surface area contributed by atoms with Gasteiger partial charge in [0.1, 0.15) is 5.60 Å². The number of nitrogens with one attached hydrogen (secondary N) is 1. The molecule has 1 N–H and O–H groups in total. The Kier molecular flexibility index (Phi) is 6.62. The number of benzene rings is 1. The first-order valence-electron chi connectivity index (χ1n) is 8.15. The molecule has 1 aliphatic heterocycles. The molecule has 2 amide bonds. The van der Waals surface area contributed by atoms with Gasteiger partial charge in [0.2, 0.25) is 0 Å². The fraction of sp³-hybridized carbons (Fsp3) is 0.500. The number of hydrogen-bond donors (Lipinski definition) is 1. The van der Waals surface area contributed by atoms with E-state index < -0.39 is 27.8 Å². The highest BCUT2D eigenvalue weighted by Gasteiger charge is 2.32. The van der Waals surface area contributed by atoms with Gasteiger partial charge in [0.25, 0.3) is 5.91 Å². The molecule has 1 saturated heterocycles. The Morgan fingerprint density at radius 1 is 1.11 bits per heavy atom. The van der Waals surface area contributed by atoms with E-state index in [-0.39, 0.29) is 41.8 Å². The molecule has 1 aliphatic rings. The molecule has 27 heavy (non-hydrogen) atoms. The van der Waals surface area contributed by atoms with Crippen molar-refractivity contribution >= 4 is 45.4 Å². The highest BCUT2D eigenvalue weighted by Crippen LogP contribution is 2.25. The van der Waals surface area contributed by atoms with Gasteiger partial charge >= 0.3 is 16.3 Å². The van der Waals surface area contributed by atoms with Crippen molar-refractivity contribution in [1.82, 2.24) is 13.9 Å². The number of nitrogens with zero attached hydrogens (tertiary/aromatic N) is 2. The predicted octanol–water partition coefficient (Wildman–Crippen LogP) is 2.52. The fourth-order valence-electron chi connectivity index (χ4n) is 2.35. The number of carbonyl (C=O) groups is 2. The monoisotopic (exact) mass is 437 g/mol. The summed E-state index contributed by atoms with van der Waals surface area (Å²) in [6.07, 6.45) is -0.505. The maximum absolute atomic E-state index is 12.5. The summed E-state index contributed by atoms with van der Waals surface area (Å²) < 4.78 is 33.2. The molecule has 1 heterocycles. The summed E-state index contributed by atoms with van der Waals surface area (Å²) in [7, 11) is -4.09. The van der Waals surface area contributed by atoms with Crippen molar-refractivity contribution in [2.75, 3.05) is 26.2 Å². The molecule has 0 aliphatic carbocycles. The zero-order chi connectivity index (χ0) is 20.4. The highest BCUT2D eigenvalue weighted by atomic mass is 35.5. The zero-order valence-corrected chi connectivity index (χ0v) is 17.5. The second-order valence-corrected chi connectivity index (χ2v) is 9.36. The standard InChI is InChI=1S/C16H21Cl2N3O5S/c1-16(2,3)26-15(23)20-7-9-21(10-8-20)27(24,25)19-14(22)11-5-4-6-12(17)13(11)18/h4-6H,7-10H2,1-3H3,(H,19,22). The first kappa shape index (κ1) is 21.7. The number of piperazine rings is 1. The Labute approximate surface area is 168 Å². The Morgan fingerprint density at radius 2 is 1.70 bits per heavy atom. The lowest BCUT2D eigenvalue weighted by Crippen LogP contribution is -2.54. The molecule has 1 aromatic carbocycles. The predicted molar refractivity (Wildman–Crippen MR) is 102 cm³/mol. The molecular formula is C16H21Cl2N3O5S. The third kappa shape index (κ3) is 5.71. The third-order valence-electron chi connectivity index (χ3n) is 3.65. The molecule has 0 atom stereocenters. The van der Waals surface area contributed by atoms with Crippen molar-refractivity contribution in [2.24, 2.45) is 0 Å². The van der Waals surface area contributed by atoms with Crippen LogP contribution in [-0.4, -0.2) is 61.4 Å². The third-order valence-corrected chi connectivity index (χ3v) is 5.96. The lowest BCUT2D eigenvalue weighted by Gasteiger charge is -2.34. The normalized spacial score (nSPS) is 16.1. The smallest absolute Gasteiger partial charge is 0.410 e. The molecule has 1 fully saturated rings. The van der Waals surface area contributed by atoms with Gasteiger partial charge in [-0.25, -0.2) is 9.52 Å². The molecule has 0 bridgehead atoms. The minimum absolute atomic E-state index is 0.0263. The lowest BCUT2D eigenvalue weighted by molar-refractivity contribution is 0.0191. The molecule has 0 radical (unpaired) electrons. The first-order valence-corrected chi connectivity index (χ1v) is 10.3. The number of carbonyl (C=O) groups excluding carboxylic acids is 2. The maximum Gasteiger partial charge on any atom is 0.410 e. The van der Waals surface area contributed by atoms with E-state index in [0.717, 1.165) is 4.31 Å². The summed E-state index contributed by atoms with van der Waals surface area (Å²) in [4.78, 5) is 25.7. The van der Waals surface area contributed by atoms with Gasteiger partial charge in [-0.1, -0.05) is 29.3 Å². The van der Waals surface area contributed by atoms with Crippen LogP contribution in [0.15, 0.2) is 18.2 Å². The largest absolute Gasteiger partial charge is 0.444 e. The number of halogens is 2. The Bertz CT molecular complexity index is 831. The average Bonchev–Trinajstić information content (AvgIpc) is 2.55. The van der Waals surface area contributed by atoms with Crippen molar-refractivity contribution in [2.45, 2.75) is 26.4 Å². The number of hydrogen-bond acceptors (Lipinski definition) is 5. The Hall–Kier alpha value is -1.55. The van der Waals surface area contributed by atoms with Gasteiger partial charge in [-0.15, -0.1) is 0 Å².